The molecule has 1 fully saturated rings. The van der Waals surface area contributed by atoms with Gasteiger partial charge < -0.3 is 0 Å². The van der Waals surface area contributed by atoms with Crippen LogP contribution in [-0.2, 0) is 0 Å². The number of nitrogens with two attached hydrogens (primary N) is 1. The normalized spacial score (nSPS) is 27.9. The third kappa shape index (κ3) is 2.47. The standard InChI is InChI=1S/C13H22N2S/c1-9-4-3-5-11(6-9)13(15-14)12-8-16-7-10(12)2/h7-9,11,13,15H,3-6,14H2,1-2H3. The van der Waals surface area contributed by atoms with E-state index in [2.05, 4.69) is 30.0 Å². The molecule has 2 rings (SSSR count). The van der Waals surface area contributed by atoms with Crippen LogP contribution in [0.25, 0.3) is 0 Å². The van der Waals surface area contributed by atoms with E-state index in [4.69, 9.17) is 5.84 Å². The van der Waals surface area contributed by atoms with Crippen molar-refractivity contribution >= 4 is 11.3 Å². The number of rotatable bonds is 3. The van der Waals surface area contributed by atoms with Crippen LogP contribution in [0, 0.1) is 18.8 Å². The highest BCUT2D eigenvalue weighted by atomic mass is 32.1. The van der Waals surface area contributed by atoms with Gasteiger partial charge in [-0.3, -0.25) is 11.3 Å². The van der Waals surface area contributed by atoms with E-state index in [-0.39, 0.29) is 0 Å². The highest BCUT2D eigenvalue weighted by Crippen LogP contribution is 2.38. The fraction of sp³-hybridized carbons (Fsp3) is 0.692. The van der Waals surface area contributed by atoms with Gasteiger partial charge in [-0.15, -0.1) is 0 Å². The van der Waals surface area contributed by atoms with E-state index < -0.39 is 0 Å². The molecule has 0 spiro atoms. The molecule has 0 bridgehead atoms. The maximum absolute atomic E-state index is 5.76. The summed E-state index contributed by atoms with van der Waals surface area (Å²) < 4.78 is 0. The van der Waals surface area contributed by atoms with E-state index in [0.29, 0.717) is 12.0 Å². The van der Waals surface area contributed by atoms with E-state index >= 15 is 0 Å². The van der Waals surface area contributed by atoms with E-state index in [1.807, 2.05) is 0 Å². The lowest BCUT2D eigenvalue weighted by molar-refractivity contribution is 0.224. The molecule has 1 heterocycles. The number of hydrogen-bond acceptors (Lipinski definition) is 3. The van der Waals surface area contributed by atoms with E-state index in [0.717, 1.165) is 5.92 Å². The van der Waals surface area contributed by atoms with Crippen LogP contribution in [0.15, 0.2) is 10.8 Å². The van der Waals surface area contributed by atoms with Gasteiger partial charge in [0.15, 0.2) is 0 Å². The Labute approximate surface area is 102 Å². The zero-order valence-corrected chi connectivity index (χ0v) is 11.0. The Kier molecular flexibility index (Phi) is 4.00. The molecule has 1 saturated carbocycles. The molecule has 1 aliphatic carbocycles. The van der Waals surface area contributed by atoms with Crippen LogP contribution in [-0.4, -0.2) is 0 Å². The Morgan fingerprint density at radius 1 is 1.44 bits per heavy atom. The summed E-state index contributed by atoms with van der Waals surface area (Å²) in [5.74, 6) is 7.33. The zero-order valence-electron chi connectivity index (χ0n) is 10.2. The lowest BCUT2D eigenvalue weighted by Crippen LogP contribution is -2.35. The molecule has 3 heteroatoms. The lowest BCUT2D eigenvalue weighted by atomic mass is 9.77. The van der Waals surface area contributed by atoms with Crippen LogP contribution in [0.5, 0.6) is 0 Å². The van der Waals surface area contributed by atoms with Gasteiger partial charge in [-0.05, 0) is 53.5 Å². The van der Waals surface area contributed by atoms with Gasteiger partial charge in [0.2, 0.25) is 0 Å². The second-order valence-corrected chi connectivity index (χ2v) is 5.93. The van der Waals surface area contributed by atoms with Crippen molar-refractivity contribution in [2.45, 2.75) is 45.6 Å². The molecule has 3 N–H and O–H groups in total. The third-order valence-corrected chi connectivity index (χ3v) is 4.74. The fourth-order valence-corrected chi connectivity index (χ4v) is 3.84. The predicted molar refractivity (Wildman–Crippen MR) is 70.2 cm³/mol. The summed E-state index contributed by atoms with van der Waals surface area (Å²) in [6.45, 7) is 4.54. The molecule has 0 aliphatic heterocycles. The molecule has 16 heavy (non-hydrogen) atoms. The largest absolute Gasteiger partial charge is 0.271 e. The number of aryl methyl sites for hydroxylation is 1. The van der Waals surface area contributed by atoms with Gasteiger partial charge in [0.25, 0.3) is 0 Å². The van der Waals surface area contributed by atoms with Gasteiger partial charge in [-0.25, -0.2) is 0 Å². The second-order valence-electron chi connectivity index (χ2n) is 5.19. The minimum Gasteiger partial charge on any atom is -0.271 e. The summed E-state index contributed by atoms with van der Waals surface area (Å²) in [5, 5.41) is 4.46. The van der Waals surface area contributed by atoms with Crippen molar-refractivity contribution in [3.05, 3.63) is 21.9 Å². The second kappa shape index (κ2) is 5.30. The summed E-state index contributed by atoms with van der Waals surface area (Å²) >= 11 is 1.78. The summed E-state index contributed by atoms with van der Waals surface area (Å²) in [4.78, 5) is 0. The van der Waals surface area contributed by atoms with Gasteiger partial charge in [0, 0.05) is 6.04 Å². The smallest absolute Gasteiger partial charge is 0.0499 e. The monoisotopic (exact) mass is 238 g/mol. The van der Waals surface area contributed by atoms with Crippen LogP contribution in [0.3, 0.4) is 0 Å². The molecule has 90 valence electrons. The first-order valence-electron chi connectivity index (χ1n) is 6.21. The van der Waals surface area contributed by atoms with Crippen molar-refractivity contribution in [3.8, 4) is 0 Å². The van der Waals surface area contributed by atoms with Crippen LogP contribution in [0.2, 0.25) is 0 Å². The highest BCUT2D eigenvalue weighted by molar-refractivity contribution is 7.08. The van der Waals surface area contributed by atoms with E-state index in [9.17, 15) is 0 Å². The molecule has 1 aliphatic rings. The van der Waals surface area contributed by atoms with Crippen molar-refractivity contribution in [2.24, 2.45) is 17.7 Å². The lowest BCUT2D eigenvalue weighted by Gasteiger charge is -2.33. The summed E-state index contributed by atoms with van der Waals surface area (Å²) in [7, 11) is 0. The zero-order chi connectivity index (χ0) is 11.5. The van der Waals surface area contributed by atoms with Crippen molar-refractivity contribution in [1.29, 1.82) is 0 Å². The number of hydrogen-bond donors (Lipinski definition) is 2. The van der Waals surface area contributed by atoms with Crippen molar-refractivity contribution in [2.75, 3.05) is 0 Å². The first-order valence-corrected chi connectivity index (χ1v) is 7.15. The van der Waals surface area contributed by atoms with Crippen LogP contribution >= 0.6 is 11.3 Å². The van der Waals surface area contributed by atoms with Crippen LogP contribution in [0.4, 0.5) is 0 Å². The molecule has 0 amide bonds. The molecule has 3 atom stereocenters. The molecule has 1 aromatic heterocycles. The molecule has 2 nitrogen and oxygen atoms in total. The van der Waals surface area contributed by atoms with Crippen LogP contribution in [0.1, 0.15) is 49.8 Å². The Balaban J connectivity index is 2.13. The molecule has 1 aromatic rings. The number of nitrogens with one attached hydrogen (secondary N) is 1. The maximum Gasteiger partial charge on any atom is 0.0499 e. The highest BCUT2D eigenvalue weighted by Gasteiger charge is 2.28. The topological polar surface area (TPSA) is 38.0 Å². The number of hydrazine groups is 1. The fourth-order valence-electron chi connectivity index (χ4n) is 2.95. The molecule has 0 aromatic carbocycles. The van der Waals surface area contributed by atoms with Gasteiger partial charge in [0.1, 0.15) is 0 Å². The molecule has 3 unspecified atom stereocenters. The van der Waals surface area contributed by atoms with Gasteiger partial charge in [-0.2, -0.15) is 11.3 Å². The van der Waals surface area contributed by atoms with Gasteiger partial charge in [0.05, 0.1) is 0 Å². The maximum atomic E-state index is 5.76. The van der Waals surface area contributed by atoms with Gasteiger partial charge in [-0.1, -0.05) is 19.8 Å². The molecule has 0 radical (unpaired) electrons. The predicted octanol–water partition coefficient (Wildman–Crippen LogP) is 3.39. The minimum atomic E-state index is 0.356. The average Bonchev–Trinajstić information content (AvgIpc) is 2.67. The Bertz CT molecular complexity index is 334. The van der Waals surface area contributed by atoms with Crippen LogP contribution < -0.4 is 11.3 Å². The van der Waals surface area contributed by atoms with Crippen molar-refractivity contribution in [3.63, 3.8) is 0 Å². The van der Waals surface area contributed by atoms with E-state index in [1.165, 1.54) is 36.8 Å². The Hall–Kier alpha value is -0.380. The number of thiophene rings is 1. The molecule has 0 saturated heterocycles. The van der Waals surface area contributed by atoms with Gasteiger partial charge >= 0.3 is 0 Å². The first-order chi connectivity index (χ1) is 7.72. The van der Waals surface area contributed by atoms with Crippen molar-refractivity contribution < 1.29 is 0 Å². The SMILES string of the molecule is Cc1cscc1C(NN)C1CCCC(C)C1. The molecular formula is C13H22N2S. The Morgan fingerprint density at radius 2 is 2.25 bits per heavy atom. The van der Waals surface area contributed by atoms with Crippen molar-refractivity contribution in [1.82, 2.24) is 5.43 Å². The van der Waals surface area contributed by atoms with E-state index in [1.54, 1.807) is 11.3 Å². The average molecular weight is 238 g/mol. The summed E-state index contributed by atoms with van der Waals surface area (Å²) in [6, 6.07) is 0.356. The third-order valence-electron chi connectivity index (χ3n) is 3.86. The first kappa shape index (κ1) is 12.1. The summed E-state index contributed by atoms with van der Waals surface area (Å²) in [5.41, 5.74) is 5.83. The Morgan fingerprint density at radius 3 is 2.81 bits per heavy atom. The summed E-state index contributed by atoms with van der Waals surface area (Å²) in [6.07, 6.45) is 5.36. The molecular weight excluding hydrogens is 216 g/mol. The quantitative estimate of drug-likeness (QED) is 0.626. The minimum absolute atomic E-state index is 0.356.